The Hall–Kier alpha value is -2.10. The van der Waals surface area contributed by atoms with Crippen molar-refractivity contribution in [3.8, 4) is 0 Å². The summed E-state index contributed by atoms with van der Waals surface area (Å²) < 4.78 is 11.3. The zero-order chi connectivity index (χ0) is 18.0. The summed E-state index contributed by atoms with van der Waals surface area (Å²) in [6.07, 6.45) is 0.417. The quantitative estimate of drug-likeness (QED) is 0.788. The van der Waals surface area contributed by atoms with Crippen molar-refractivity contribution in [1.82, 2.24) is 4.90 Å². The molecule has 1 saturated heterocycles. The predicted octanol–water partition coefficient (Wildman–Crippen LogP) is 3.22. The Morgan fingerprint density at radius 1 is 1.28 bits per heavy atom. The van der Waals surface area contributed by atoms with E-state index in [1.165, 1.54) is 0 Å². The molecule has 3 atom stereocenters. The van der Waals surface area contributed by atoms with Gasteiger partial charge in [0.2, 0.25) is 0 Å². The van der Waals surface area contributed by atoms with Gasteiger partial charge in [0, 0.05) is 24.6 Å². The molecule has 5 heteroatoms. The van der Waals surface area contributed by atoms with Crippen LogP contribution in [0.4, 0.5) is 4.79 Å². The third kappa shape index (κ3) is 4.30. The molecule has 1 heterocycles. The van der Waals surface area contributed by atoms with Crippen LogP contribution >= 0.6 is 0 Å². The maximum Gasteiger partial charge on any atom is 0.410 e. The number of ether oxygens (including phenoxy) is 2. The van der Waals surface area contributed by atoms with Crippen molar-refractivity contribution in [2.45, 2.75) is 45.5 Å². The molecule has 1 aliphatic carbocycles. The van der Waals surface area contributed by atoms with Crippen molar-refractivity contribution in [3.05, 3.63) is 41.5 Å². The maximum atomic E-state index is 12.3. The van der Waals surface area contributed by atoms with Gasteiger partial charge in [-0.3, -0.25) is 0 Å². The Bertz CT molecular complexity index is 673. The number of hydrogen-bond donors (Lipinski definition) is 0. The molecular formula is C20H25NO4. The predicted molar refractivity (Wildman–Crippen MR) is 93.6 cm³/mol. The van der Waals surface area contributed by atoms with Gasteiger partial charge >= 0.3 is 6.09 Å². The van der Waals surface area contributed by atoms with Gasteiger partial charge < -0.3 is 14.4 Å². The second-order valence-corrected chi connectivity index (χ2v) is 7.77. The molecule has 0 aromatic heterocycles. The van der Waals surface area contributed by atoms with E-state index in [0.29, 0.717) is 18.7 Å². The number of hydrogen-bond acceptors (Lipinski definition) is 4. The second-order valence-electron chi connectivity index (χ2n) is 7.77. The highest BCUT2D eigenvalue weighted by atomic mass is 16.6. The van der Waals surface area contributed by atoms with Crippen LogP contribution in [0.15, 0.2) is 35.9 Å². The summed E-state index contributed by atoms with van der Waals surface area (Å²) in [7, 11) is 0. The lowest BCUT2D eigenvalue weighted by molar-refractivity contribution is -0.0212. The fraction of sp³-hybridized carbons (Fsp3) is 0.550. The molecule has 2 fully saturated rings. The van der Waals surface area contributed by atoms with Crippen molar-refractivity contribution in [3.63, 3.8) is 0 Å². The molecule has 1 aromatic carbocycles. The molecular weight excluding hydrogens is 318 g/mol. The summed E-state index contributed by atoms with van der Waals surface area (Å²) in [6, 6.07) is 9.63. The lowest BCUT2D eigenvalue weighted by Gasteiger charge is -2.20. The lowest BCUT2D eigenvalue weighted by Crippen LogP contribution is -2.30. The molecule has 134 valence electrons. The van der Waals surface area contributed by atoms with Gasteiger partial charge in [-0.1, -0.05) is 30.3 Å². The van der Waals surface area contributed by atoms with Gasteiger partial charge in [0.15, 0.2) is 0 Å². The van der Waals surface area contributed by atoms with Gasteiger partial charge in [-0.2, -0.15) is 0 Å². The Labute approximate surface area is 148 Å². The highest BCUT2D eigenvalue weighted by Crippen LogP contribution is 2.49. The number of amides is 1. The van der Waals surface area contributed by atoms with Crippen molar-refractivity contribution in [2.75, 3.05) is 13.1 Å². The van der Waals surface area contributed by atoms with Gasteiger partial charge in [0.25, 0.3) is 0 Å². The zero-order valence-corrected chi connectivity index (χ0v) is 15.0. The van der Waals surface area contributed by atoms with Gasteiger partial charge in [-0.25, -0.2) is 9.59 Å². The monoisotopic (exact) mass is 343 g/mol. The van der Waals surface area contributed by atoms with Crippen molar-refractivity contribution >= 4 is 12.0 Å². The number of nitrogens with zero attached hydrogens (tertiary/aromatic N) is 1. The minimum Gasteiger partial charge on any atom is -0.445 e. The van der Waals surface area contributed by atoms with Gasteiger partial charge in [-0.15, -0.1) is 0 Å². The first-order chi connectivity index (χ1) is 11.9. The van der Waals surface area contributed by atoms with Gasteiger partial charge in [0.05, 0.1) is 11.7 Å². The summed E-state index contributed by atoms with van der Waals surface area (Å²) in [5.74, 6) is 2.37. The van der Waals surface area contributed by atoms with E-state index in [0.717, 1.165) is 12.0 Å². The van der Waals surface area contributed by atoms with E-state index < -0.39 is 0 Å². The third-order valence-corrected chi connectivity index (χ3v) is 4.68. The number of rotatable bonds is 4. The SMILES string of the molecule is CC(C)(C)O[C@H]1C(=C=O)[C@H]1C1CCN(C(=O)OCc2ccccc2)C1. The minimum atomic E-state index is -0.297. The van der Waals surface area contributed by atoms with Crippen LogP contribution in [0.3, 0.4) is 0 Å². The third-order valence-electron chi connectivity index (χ3n) is 4.68. The van der Waals surface area contributed by atoms with E-state index in [1.54, 1.807) is 4.90 Å². The van der Waals surface area contributed by atoms with Crippen LogP contribution < -0.4 is 0 Å². The van der Waals surface area contributed by atoms with Crippen LogP contribution in [0.5, 0.6) is 0 Å². The smallest absolute Gasteiger partial charge is 0.410 e. The fourth-order valence-corrected chi connectivity index (χ4v) is 3.46. The highest BCUT2D eigenvalue weighted by molar-refractivity contribution is 5.68. The maximum absolute atomic E-state index is 12.3. The minimum absolute atomic E-state index is 0.0867. The van der Waals surface area contributed by atoms with Crippen molar-refractivity contribution in [2.24, 2.45) is 11.8 Å². The first-order valence-electron chi connectivity index (χ1n) is 8.77. The van der Waals surface area contributed by atoms with E-state index in [1.807, 2.05) is 57.0 Å². The lowest BCUT2D eigenvalue weighted by atomic mass is 10.0. The van der Waals surface area contributed by atoms with Crippen molar-refractivity contribution in [1.29, 1.82) is 0 Å². The van der Waals surface area contributed by atoms with Crippen LogP contribution in [0.2, 0.25) is 0 Å². The molecule has 1 aliphatic heterocycles. The molecule has 0 N–H and O–H groups in total. The number of carbonyl (C=O) groups excluding carboxylic acids is 2. The van der Waals surface area contributed by atoms with E-state index in [-0.39, 0.29) is 36.2 Å². The fourth-order valence-electron chi connectivity index (χ4n) is 3.46. The average molecular weight is 343 g/mol. The standard InChI is InChI=1S/C20H25NO4/c1-20(2,3)25-18-16(12-22)17(18)15-9-10-21(11-15)19(23)24-13-14-7-5-4-6-8-14/h4-8,15,17-18H,9-11,13H2,1-3H3/t15?,17-,18+/m1/s1. The molecule has 1 aromatic rings. The molecule has 0 bridgehead atoms. The number of carbonyl (C=O) groups is 1. The highest BCUT2D eigenvalue weighted by Gasteiger charge is 2.54. The van der Waals surface area contributed by atoms with Crippen molar-refractivity contribution < 1.29 is 19.1 Å². The Morgan fingerprint density at radius 3 is 2.64 bits per heavy atom. The van der Waals surface area contributed by atoms with Crippen LogP contribution in [0, 0.1) is 11.8 Å². The van der Waals surface area contributed by atoms with E-state index >= 15 is 0 Å². The summed E-state index contributed by atoms with van der Waals surface area (Å²) in [5.41, 5.74) is 1.38. The first-order valence-corrected chi connectivity index (χ1v) is 8.77. The molecule has 1 amide bonds. The van der Waals surface area contributed by atoms with E-state index in [4.69, 9.17) is 9.47 Å². The first kappa shape index (κ1) is 17.7. The van der Waals surface area contributed by atoms with Crippen LogP contribution in [-0.2, 0) is 20.9 Å². The van der Waals surface area contributed by atoms with Crippen LogP contribution in [0.1, 0.15) is 32.8 Å². The largest absolute Gasteiger partial charge is 0.445 e. The molecule has 1 unspecified atom stereocenters. The van der Waals surface area contributed by atoms with Gasteiger partial charge in [-0.05, 0) is 38.7 Å². The van der Waals surface area contributed by atoms with E-state index in [2.05, 4.69) is 0 Å². The number of benzene rings is 1. The molecule has 0 spiro atoms. The van der Waals surface area contributed by atoms with Gasteiger partial charge in [0.1, 0.15) is 12.5 Å². The summed E-state index contributed by atoms with van der Waals surface area (Å²) in [5, 5.41) is 0. The molecule has 1 saturated carbocycles. The molecule has 2 aliphatic rings. The summed E-state index contributed by atoms with van der Waals surface area (Å²) >= 11 is 0. The van der Waals surface area contributed by atoms with Crippen LogP contribution in [0.25, 0.3) is 0 Å². The van der Waals surface area contributed by atoms with E-state index in [9.17, 15) is 9.59 Å². The summed E-state index contributed by atoms with van der Waals surface area (Å²) in [4.78, 5) is 25.1. The van der Waals surface area contributed by atoms with Crippen LogP contribution in [-0.4, -0.2) is 41.7 Å². The zero-order valence-electron chi connectivity index (χ0n) is 15.0. The Morgan fingerprint density at radius 2 is 2.00 bits per heavy atom. The molecule has 5 nitrogen and oxygen atoms in total. The number of likely N-dealkylation sites (tertiary alicyclic amines) is 1. The Kier molecular flexibility index (Phi) is 4.98. The topological polar surface area (TPSA) is 55.8 Å². The molecule has 0 radical (unpaired) electrons. The molecule has 3 rings (SSSR count). The average Bonchev–Trinajstić information content (AvgIpc) is 3.02. The molecule has 25 heavy (non-hydrogen) atoms. The second kappa shape index (κ2) is 7.03. The summed E-state index contributed by atoms with van der Waals surface area (Å²) in [6.45, 7) is 7.47. The Balaban J connectivity index is 1.51. The normalized spacial score (nSPS) is 25.6.